The van der Waals surface area contributed by atoms with Gasteiger partial charge in [0.2, 0.25) is 11.8 Å². The molecule has 0 aromatic carbocycles. The summed E-state index contributed by atoms with van der Waals surface area (Å²) in [6, 6.07) is -0.0338. The molecule has 1 aliphatic heterocycles. The third-order valence-corrected chi connectivity index (χ3v) is 6.76. The van der Waals surface area contributed by atoms with Crippen LogP contribution in [0.25, 0.3) is 0 Å². The molecule has 2 amide bonds. The quantitative estimate of drug-likeness (QED) is 0.806. The molecule has 0 aromatic heterocycles. The molecule has 5 aliphatic rings. The monoisotopic (exact) mass is 334 g/mol. The number of aliphatic hydroxyl groups is 1. The van der Waals surface area contributed by atoms with Gasteiger partial charge in [0.05, 0.1) is 11.6 Å². The van der Waals surface area contributed by atoms with E-state index in [1.807, 2.05) is 4.90 Å². The Labute approximate surface area is 144 Å². The van der Waals surface area contributed by atoms with Gasteiger partial charge in [-0.3, -0.25) is 9.59 Å². The fraction of sp³-hybridized carbons (Fsp3) is 0.895. The highest BCUT2D eigenvalue weighted by molar-refractivity contribution is 5.82. The molecule has 5 rings (SSSR count). The van der Waals surface area contributed by atoms with Crippen molar-refractivity contribution in [1.29, 1.82) is 0 Å². The number of nitrogens with zero attached hydrogens (tertiary/aromatic N) is 1. The number of carbonyl (C=O) groups is 2. The molecule has 0 spiro atoms. The van der Waals surface area contributed by atoms with Gasteiger partial charge in [-0.05, 0) is 62.2 Å². The summed E-state index contributed by atoms with van der Waals surface area (Å²) in [4.78, 5) is 26.4. The maximum atomic E-state index is 12.6. The predicted octanol–water partition coefficient (Wildman–Crippen LogP) is 1.83. The second-order valence-electron chi connectivity index (χ2n) is 9.17. The Morgan fingerprint density at radius 1 is 1.29 bits per heavy atom. The number of likely N-dealkylation sites (tertiary alicyclic amines) is 1. The Morgan fingerprint density at radius 2 is 2.00 bits per heavy atom. The molecule has 4 aliphatic carbocycles. The molecule has 0 aromatic rings. The molecule has 0 radical (unpaired) electrons. The van der Waals surface area contributed by atoms with Crippen molar-refractivity contribution in [3.05, 3.63) is 0 Å². The van der Waals surface area contributed by atoms with Crippen LogP contribution in [-0.4, -0.2) is 46.6 Å². The topological polar surface area (TPSA) is 69.6 Å². The lowest BCUT2D eigenvalue weighted by atomic mass is 9.47. The van der Waals surface area contributed by atoms with Crippen LogP contribution in [0.5, 0.6) is 0 Å². The van der Waals surface area contributed by atoms with Gasteiger partial charge in [-0.1, -0.05) is 6.92 Å². The van der Waals surface area contributed by atoms with Gasteiger partial charge in [0, 0.05) is 25.9 Å². The van der Waals surface area contributed by atoms with Gasteiger partial charge in [-0.15, -0.1) is 0 Å². The Bertz CT molecular complexity index is 533. The molecule has 5 heteroatoms. The van der Waals surface area contributed by atoms with E-state index in [0.717, 1.165) is 45.1 Å². The molecule has 1 saturated heterocycles. The van der Waals surface area contributed by atoms with Gasteiger partial charge in [-0.2, -0.15) is 0 Å². The molecule has 4 saturated carbocycles. The Morgan fingerprint density at radius 3 is 2.62 bits per heavy atom. The van der Waals surface area contributed by atoms with Crippen molar-refractivity contribution in [2.45, 2.75) is 76.4 Å². The van der Waals surface area contributed by atoms with Crippen LogP contribution in [0.4, 0.5) is 0 Å². The molecular formula is C19H30N2O3. The first-order valence-corrected chi connectivity index (χ1v) is 9.68. The minimum atomic E-state index is -0.508. The summed E-state index contributed by atoms with van der Waals surface area (Å²) >= 11 is 0. The fourth-order valence-corrected chi connectivity index (χ4v) is 6.58. The van der Waals surface area contributed by atoms with E-state index < -0.39 is 5.60 Å². The first-order valence-electron chi connectivity index (χ1n) is 9.68. The number of hydrogen-bond donors (Lipinski definition) is 2. The maximum Gasteiger partial charge on any atom is 0.224 e. The van der Waals surface area contributed by atoms with Crippen LogP contribution in [0.15, 0.2) is 0 Å². The lowest BCUT2D eigenvalue weighted by Gasteiger charge is -2.60. The number of amides is 2. The predicted molar refractivity (Wildman–Crippen MR) is 90.1 cm³/mol. The summed E-state index contributed by atoms with van der Waals surface area (Å²) in [6.07, 6.45) is 8.05. The van der Waals surface area contributed by atoms with Gasteiger partial charge in [0.1, 0.15) is 0 Å². The van der Waals surface area contributed by atoms with Crippen molar-refractivity contribution in [1.82, 2.24) is 10.2 Å². The van der Waals surface area contributed by atoms with E-state index in [0.29, 0.717) is 31.2 Å². The van der Waals surface area contributed by atoms with Gasteiger partial charge < -0.3 is 15.3 Å². The first-order chi connectivity index (χ1) is 11.4. The van der Waals surface area contributed by atoms with Crippen LogP contribution in [0, 0.1) is 17.3 Å². The fourth-order valence-electron chi connectivity index (χ4n) is 6.58. The standard InChI is InChI=1S/C19H30N2O3/c1-2-3-21-11-15(5-17(21)23)20-16(22)10-18-6-13-4-14(7-18)9-19(24,8-13)12-18/h13-15,24H,2-12H2,1H3,(H,20,22). The van der Waals surface area contributed by atoms with Crippen molar-refractivity contribution in [3.63, 3.8) is 0 Å². The molecule has 2 N–H and O–H groups in total. The van der Waals surface area contributed by atoms with Gasteiger partial charge in [0.25, 0.3) is 0 Å². The van der Waals surface area contributed by atoms with Crippen molar-refractivity contribution in [2.24, 2.45) is 17.3 Å². The summed E-state index contributed by atoms with van der Waals surface area (Å²) in [5, 5.41) is 13.9. The van der Waals surface area contributed by atoms with Crippen LogP contribution in [0.1, 0.15) is 64.7 Å². The highest BCUT2D eigenvalue weighted by Crippen LogP contribution is 2.62. The van der Waals surface area contributed by atoms with Crippen LogP contribution in [-0.2, 0) is 9.59 Å². The molecule has 3 unspecified atom stereocenters. The van der Waals surface area contributed by atoms with Crippen LogP contribution < -0.4 is 5.32 Å². The molecule has 3 atom stereocenters. The number of rotatable bonds is 5. The van der Waals surface area contributed by atoms with E-state index in [-0.39, 0.29) is 23.3 Å². The summed E-state index contributed by atoms with van der Waals surface area (Å²) < 4.78 is 0. The third-order valence-electron chi connectivity index (χ3n) is 6.76. The van der Waals surface area contributed by atoms with E-state index in [2.05, 4.69) is 12.2 Å². The molecule has 5 nitrogen and oxygen atoms in total. The second kappa shape index (κ2) is 5.72. The van der Waals surface area contributed by atoms with Gasteiger partial charge in [-0.25, -0.2) is 0 Å². The van der Waals surface area contributed by atoms with E-state index in [1.54, 1.807) is 0 Å². The van der Waals surface area contributed by atoms with E-state index in [1.165, 1.54) is 6.42 Å². The molecule has 1 heterocycles. The largest absolute Gasteiger partial charge is 0.390 e. The highest BCUT2D eigenvalue weighted by Gasteiger charge is 2.57. The van der Waals surface area contributed by atoms with E-state index in [9.17, 15) is 14.7 Å². The zero-order valence-corrected chi connectivity index (χ0v) is 14.7. The molecule has 24 heavy (non-hydrogen) atoms. The van der Waals surface area contributed by atoms with E-state index >= 15 is 0 Å². The maximum absolute atomic E-state index is 12.6. The number of carbonyl (C=O) groups excluding carboxylic acids is 2. The normalized spacial score (nSPS) is 43.5. The Kier molecular flexibility index (Phi) is 3.90. The minimum Gasteiger partial charge on any atom is -0.390 e. The van der Waals surface area contributed by atoms with Crippen molar-refractivity contribution < 1.29 is 14.7 Å². The van der Waals surface area contributed by atoms with Gasteiger partial charge in [0.15, 0.2) is 0 Å². The molecule has 5 fully saturated rings. The molecule has 4 bridgehead atoms. The zero-order chi connectivity index (χ0) is 16.9. The van der Waals surface area contributed by atoms with Crippen LogP contribution in [0.3, 0.4) is 0 Å². The average molecular weight is 334 g/mol. The Hall–Kier alpha value is -1.10. The summed E-state index contributed by atoms with van der Waals surface area (Å²) in [5.41, 5.74) is -0.500. The van der Waals surface area contributed by atoms with Crippen molar-refractivity contribution in [3.8, 4) is 0 Å². The summed E-state index contributed by atoms with van der Waals surface area (Å²) in [6.45, 7) is 3.50. The second-order valence-corrected chi connectivity index (χ2v) is 9.17. The zero-order valence-electron chi connectivity index (χ0n) is 14.7. The lowest BCUT2D eigenvalue weighted by molar-refractivity contribution is -0.169. The smallest absolute Gasteiger partial charge is 0.224 e. The molecule has 134 valence electrons. The van der Waals surface area contributed by atoms with Crippen LogP contribution in [0.2, 0.25) is 0 Å². The summed E-state index contributed by atoms with van der Waals surface area (Å²) in [5.74, 6) is 1.46. The SMILES string of the molecule is CCCN1CC(NC(=O)CC23CC4CC(CC(O)(C4)C2)C3)CC1=O. The third kappa shape index (κ3) is 2.96. The van der Waals surface area contributed by atoms with E-state index in [4.69, 9.17) is 0 Å². The number of hydrogen-bond acceptors (Lipinski definition) is 3. The minimum absolute atomic E-state index is 0.00857. The highest BCUT2D eigenvalue weighted by atomic mass is 16.3. The van der Waals surface area contributed by atoms with Crippen molar-refractivity contribution >= 4 is 11.8 Å². The summed E-state index contributed by atoms with van der Waals surface area (Å²) in [7, 11) is 0. The van der Waals surface area contributed by atoms with Gasteiger partial charge >= 0.3 is 0 Å². The molecular weight excluding hydrogens is 304 g/mol. The average Bonchev–Trinajstić information content (AvgIpc) is 2.75. The first kappa shape index (κ1) is 16.4. The Balaban J connectivity index is 1.36. The van der Waals surface area contributed by atoms with Crippen LogP contribution >= 0.6 is 0 Å². The van der Waals surface area contributed by atoms with Crippen molar-refractivity contribution in [2.75, 3.05) is 13.1 Å². The lowest BCUT2D eigenvalue weighted by Crippen LogP contribution is -2.56. The number of nitrogens with one attached hydrogen (secondary N) is 1.